The lowest BCUT2D eigenvalue weighted by Crippen LogP contribution is -2.43. The molecule has 0 saturated carbocycles. The third kappa shape index (κ3) is 14.2. The summed E-state index contributed by atoms with van der Waals surface area (Å²) in [6, 6.07) is 35.6. The van der Waals surface area contributed by atoms with Crippen LogP contribution in [-0.4, -0.2) is 102 Å². The topological polar surface area (TPSA) is 195 Å². The number of aryl methyl sites for hydroxylation is 1. The van der Waals surface area contributed by atoms with Crippen LogP contribution >= 0.6 is 0 Å². The highest BCUT2D eigenvalue weighted by molar-refractivity contribution is 7.92. The van der Waals surface area contributed by atoms with Gasteiger partial charge in [0.15, 0.2) is 12.8 Å². The van der Waals surface area contributed by atoms with Crippen LogP contribution in [0.5, 0.6) is 5.75 Å². The predicted molar refractivity (Wildman–Crippen MR) is 283 cm³/mol. The van der Waals surface area contributed by atoms with Gasteiger partial charge in [0.05, 0.1) is 25.9 Å². The number of piperazine rings is 1. The van der Waals surface area contributed by atoms with Gasteiger partial charge in [-0.1, -0.05) is 60.2 Å². The van der Waals surface area contributed by atoms with Crippen molar-refractivity contribution < 1.29 is 39.1 Å². The summed E-state index contributed by atoms with van der Waals surface area (Å²) in [6.45, 7) is 6.66. The van der Waals surface area contributed by atoms with Crippen molar-refractivity contribution in [1.82, 2.24) is 30.6 Å². The van der Waals surface area contributed by atoms with Gasteiger partial charge in [0.1, 0.15) is 23.2 Å². The van der Waals surface area contributed by atoms with Crippen molar-refractivity contribution in [2.45, 2.75) is 53.6 Å². The largest absolute Gasteiger partial charge is 0.487 e. The number of halogens is 4. The molecule has 0 radical (unpaired) electrons. The van der Waals surface area contributed by atoms with E-state index in [-0.39, 0.29) is 32.1 Å². The molecule has 9 rings (SSSR count). The first-order valence-corrected chi connectivity index (χ1v) is 26.6. The molecule has 0 spiro atoms. The van der Waals surface area contributed by atoms with E-state index in [2.05, 4.69) is 50.8 Å². The van der Waals surface area contributed by atoms with Crippen molar-refractivity contribution in [3.05, 3.63) is 162 Å². The highest BCUT2D eigenvalue weighted by Gasteiger charge is 2.38. The van der Waals surface area contributed by atoms with Crippen LogP contribution in [0.1, 0.15) is 23.6 Å². The van der Waals surface area contributed by atoms with Crippen molar-refractivity contribution in [1.29, 1.82) is 0 Å². The lowest BCUT2D eigenvalue weighted by Gasteiger charge is -2.30. The first-order valence-electron chi connectivity index (χ1n) is 23.6. The fourth-order valence-electron chi connectivity index (χ4n) is 7.68. The van der Waals surface area contributed by atoms with Crippen molar-refractivity contribution in [2.24, 2.45) is 0 Å². The Hall–Kier alpha value is -7.33. The molecule has 5 aromatic carbocycles. The molecule has 1 saturated heterocycles. The highest BCUT2D eigenvalue weighted by Crippen LogP contribution is 2.30. The van der Waals surface area contributed by atoms with Gasteiger partial charge in [-0.2, -0.15) is 18.7 Å². The molecule has 74 heavy (non-hydrogen) atoms. The Morgan fingerprint density at radius 1 is 0.797 bits per heavy atom. The van der Waals surface area contributed by atoms with E-state index in [0.717, 1.165) is 83.7 Å². The summed E-state index contributed by atoms with van der Waals surface area (Å²) in [5.74, 6) is -2.49. The number of aromatic amines is 1. The standard InChI is InChI=1S/C21H22F4N2O.C19H19N3O2S.C13H17N5O2S/c1-14(22)21(24,25)13-28-18-4-2-3-15(9-18)11-26-8-7-16-12-27-20-10-17(23)5-6-19(16)20;23-25(24,16-6-2-1-3-7-16)17-13-15-5-4-8-18(19(15)21-14-17)22-11-9-20-10-12-22;1-9-4-6-10(7-5-9)21(19,20)18-12-8-11(14-2)16-13(15-3)17-12/h2-6,9-10,12,14,26-27H,7-8,11,13H2,1H3;1-8,13-14,20H,9-12H2;4-8H,1-3H3,(H3,14,15,16,17,18). The van der Waals surface area contributed by atoms with Crippen molar-refractivity contribution in [3.63, 3.8) is 0 Å². The number of aromatic nitrogens is 4. The van der Waals surface area contributed by atoms with Crippen LogP contribution < -0.4 is 35.6 Å². The molecule has 0 aliphatic carbocycles. The Morgan fingerprint density at radius 2 is 1.53 bits per heavy atom. The van der Waals surface area contributed by atoms with E-state index < -0.39 is 38.6 Å². The summed E-state index contributed by atoms with van der Waals surface area (Å²) in [7, 11) is -3.88. The summed E-state index contributed by atoms with van der Waals surface area (Å²) in [4.78, 5) is 18.7. The molecule has 6 N–H and O–H groups in total. The van der Waals surface area contributed by atoms with Crippen molar-refractivity contribution >= 4 is 64.9 Å². The first-order chi connectivity index (χ1) is 35.4. The SMILES string of the molecule is CC(F)C(F)(F)COc1cccc(CNCCc2c[nH]c3cc(F)ccc23)c1.CNc1cc(NS(=O)(=O)c2ccc(C)cc2)nc(NC)n1.O=S(=O)(c1ccccc1)c1cnc2c(N3CCNCC3)cccc2c1. The number of fused-ring (bicyclic) bond motifs is 2. The first kappa shape index (κ1) is 54.4. The van der Waals surface area contributed by atoms with Crippen molar-refractivity contribution in [3.8, 4) is 5.75 Å². The van der Waals surface area contributed by atoms with Crippen LogP contribution in [0.2, 0.25) is 0 Å². The zero-order valence-corrected chi connectivity index (χ0v) is 42.8. The number of ether oxygens (including phenoxy) is 1. The third-order valence-corrected chi connectivity index (χ3v) is 14.9. The lowest BCUT2D eigenvalue weighted by molar-refractivity contribution is -0.0941. The van der Waals surface area contributed by atoms with E-state index in [4.69, 9.17) is 4.74 Å². The summed E-state index contributed by atoms with van der Waals surface area (Å²) in [5, 5.41) is 14.1. The van der Waals surface area contributed by atoms with Crippen LogP contribution in [0.3, 0.4) is 0 Å². The fraction of sp³-hybridized carbons (Fsp3) is 0.264. The lowest BCUT2D eigenvalue weighted by atomic mass is 10.1. The van der Waals surface area contributed by atoms with E-state index in [1.54, 1.807) is 99.0 Å². The number of para-hydroxylation sites is 1. The number of H-pyrrole nitrogens is 1. The number of anilines is 4. The van der Waals surface area contributed by atoms with E-state index >= 15 is 0 Å². The number of sulfonamides is 1. The molecule has 3 aromatic heterocycles. The summed E-state index contributed by atoms with van der Waals surface area (Å²) >= 11 is 0. The Bertz CT molecular complexity index is 3340. The van der Waals surface area contributed by atoms with E-state index in [1.165, 1.54) is 24.4 Å². The monoisotopic (exact) mass is 1050 g/mol. The molecule has 0 bridgehead atoms. The summed E-state index contributed by atoms with van der Waals surface area (Å²) in [6.07, 6.45) is 1.82. The van der Waals surface area contributed by atoms with E-state index in [9.17, 15) is 34.4 Å². The number of pyridine rings is 1. The van der Waals surface area contributed by atoms with Crippen molar-refractivity contribution in [2.75, 3.05) is 73.7 Å². The molecule has 1 aliphatic heterocycles. The Kier molecular flexibility index (Phi) is 18.1. The molecule has 21 heteroatoms. The number of alkyl halides is 3. The molecule has 1 unspecified atom stereocenters. The van der Waals surface area contributed by atoms with E-state index in [1.807, 2.05) is 37.4 Å². The van der Waals surface area contributed by atoms with Gasteiger partial charge >= 0.3 is 5.92 Å². The zero-order chi connectivity index (χ0) is 52.9. The summed E-state index contributed by atoms with van der Waals surface area (Å²) < 4.78 is 110. The molecule has 4 heterocycles. The highest BCUT2D eigenvalue weighted by atomic mass is 32.2. The van der Waals surface area contributed by atoms with Gasteiger partial charge in [0, 0.05) is 81.6 Å². The maximum absolute atomic E-state index is 13.3. The average Bonchev–Trinajstić information content (AvgIpc) is 3.81. The van der Waals surface area contributed by atoms with Crippen LogP contribution in [-0.2, 0) is 32.8 Å². The minimum Gasteiger partial charge on any atom is -0.487 e. The second-order valence-electron chi connectivity index (χ2n) is 17.2. The molecule has 1 aliphatic rings. The van der Waals surface area contributed by atoms with Crippen LogP contribution in [0, 0.1) is 12.7 Å². The average molecular weight is 1060 g/mol. The van der Waals surface area contributed by atoms with Gasteiger partial charge in [0.25, 0.3) is 10.0 Å². The van der Waals surface area contributed by atoms with Gasteiger partial charge in [-0.05, 0) is 105 Å². The maximum atomic E-state index is 13.3. The molecular weight excluding hydrogens is 997 g/mol. The number of benzene rings is 5. The minimum atomic E-state index is -3.68. The van der Waals surface area contributed by atoms with E-state index in [0.29, 0.717) is 24.9 Å². The van der Waals surface area contributed by atoms with Gasteiger partial charge < -0.3 is 35.9 Å². The maximum Gasteiger partial charge on any atom is 0.311 e. The molecule has 390 valence electrons. The number of rotatable bonds is 17. The Morgan fingerprint density at radius 3 is 2.24 bits per heavy atom. The summed E-state index contributed by atoms with van der Waals surface area (Å²) in [5.41, 5.74) is 5.61. The molecule has 0 amide bonds. The van der Waals surface area contributed by atoms with Gasteiger partial charge in [0.2, 0.25) is 15.8 Å². The molecule has 1 atom stereocenters. The third-order valence-electron chi connectivity index (χ3n) is 11.8. The Labute approximate surface area is 428 Å². The van der Waals surface area contributed by atoms with Crippen LogP contribution in [0.15, 0.2) is 154 Å². The molecular formula is C53H58F4N10O5S2. The van der Waals surface area contributed by atoms with Gasteiger partial charge in [-0.15, -0.1) is 0 Å². The smallest absolute Gasteiger partial charge is 0.311 e. The molecule has 15 nitrogen and oxygen atoms in total. The number of hydrogen-bond donors (Lipinski definition) is 6. The number of nitrogens with zero attached hydrogens (tertiary/aromatic N) is 4. The fourth-order valence-corrected chi connectivity index (χ4v) is 9.94. The zero-order valence-electron chi connectivity index (χ0n) is 41.2. The normalized spacial score (nSPS) is 13.3. The molecule has 1 fully saturated rings. The quantitative estimate of drug-likeness (QED) is 0.0374. The minimum absolute atomic E-state index is 0.184. The predicted octanol–water partition coefficient (Wildman–Crippen LogP) is 9.16. The second-order valence-corrected chi connectivity index (χ2v) is 20.8. The number of hydrogen-bond acceptors (Lipinski definition) is 13. The second kappa shape index (κ2) is 24.6. The molecule has 8 aromatic rings. The van der Waals surface area contributed by atoms with Gasteiger partial charge in [-0.25, -0.2) is 25.6 Å². The van der Waals surface area contributed by atoms with Gasteiger partial charge in [-0.3, -0.25) is 9.71 Å². The van der Waals surface area contributed by atoms with Crippen LogP contribution in [0.25, 0.3) is 21.8 Å². The number of sulfone groups is 1. The van der Waals surface area contributed by atoms with Crippen LogP contribution in [0.4, 0.5) is 40.8 Å². The number of nitrogens with one attached hydrogen (secondary N) is 6. The Balaban J connectivity index is 0.000000164.